The van der Waals surface area contributed by atoms with Gasteiger partial charge in [0.15, 0.2) is 0 Å². The van der Waals surface area contributed by atoms with Gasteiger partial charge in [0.2, 0.25) is 0 Å². The molecule has 1 aliphatic heterocycles. The Labute approximate surface area is 129 Å². The number of rotatable bonds is 2. The van der Waals surface area contributed by atoms with Crippen LogP contribution in [-0.4, -0.2) is 23.5 Å². The molecule has 1 aromatic carbocycles. The van der Waals surface area contributed by atoms with Crippen LogP contribution in [0.2, 0.25) is 0 Å². The summed E-state index contributed by atoms with van der Waals surface area (Å²) >= 11 is 0. The first-order valence-corrected chi connectivity index (χ1v) is 8.57. The third-order valence-corrected chi connectivity index (χ3v) is 5.71. The van der Waals surface area contributed by atoms with Crippen LogP contribution >= 0.6 is 0 Å². The number of nitrogens with zero attached hydrogens (tertiary/aromatic N) is 1. The lowest BCUT2D eigenvalue weighted by Gasteiger charge is -2.51. The molecule has 1 aliphatic carbocycles. The van der Waals surface area contributed by atoms with Crippen LogP contribution in [0.3, 0.4) is 0 Å². The van der Waals surface area contributed by atoms with Crippen LogP contribution in [-0.2, 0) is 13.0 Å². The Morgan fingerprint density at radius 1 is 1.10 bits per heavy atom. The van der Waals surface area contributed by atoms with Crippen LogP contribution in [0.1, 0.15) is 57.1 Å². The van der Waals surface area contributed by atoms with Gasteiger partial charge in [-0.05, 0) is 55.2 Å². The van der Waals surface area contributed by atoms with Crippen LogP contribution in [0.25, 0.3) is 0 Å². The van der Waals surface area contributed by atoms with E-state index in [2.05, 4.69) is 43.0 Å². The zero-order chi connectivity index (χ0) is 14.9. The normalized spacial score (nSPS) is 29.7. The number of hydrogen-bond acceptors (Lipinski definition) is 2. The van der Waals surface area contributed by atoms with Crippen LogP contribution in [0.4, 0.5) is 0 Å². The summed E-state index contributed by atoms with van der Waals surface area (Å²) in [7, 11) is 0. The molecule has 1 heterocycles. The minimum atomic E-state index is 0.221. The van der Waals surface area contributed by atoms with Gasteiger partial charge in [0, 0.05) is 18.6 Å². The first kappa shape index (κ1) is 15.1. The molecule has 116 valence electrons. The first-order valence-electron chi connectivity index (χ1n) is 8.57. The van der Waals surface area contributed by atoms with Gasteiger partial charge in [-0.15, -0.1) is 0 Å². The molecule has 2 nitrogen and oxygen atoms in total. The van der Waals surface area contributed by atoms with Crippen molar-refractivity contribution in [1.82, 2.24) is 4.90 Å². The van der Waals surface area contributed by atoms with E-state index in [0.717, 1.165) is 13.1 Å². The maximum Gasteiger partial charge on any atom is 0.0340 e. The Morgan fingerprint density at radius 3 is 2.57 bits per heavy atom. The highest BCUT2D eigenvalue weighted by molar-refractivity contribution is 5.28. The minimum Gasteiger partial charge on any atom is -0.329 e. The van der Waals surface area contributed by atoms with E-state index in [-0.39, 0.29) is 5.54 Å². The Bertz CT molecular complexity index is 494. The van der Waals surface area contributed by atoms with Gasteiger partial charge in [0.05, 0.1) is 0 Å². The van der Waals surface area contributed by atoms with E-state index in [4.69, 9.17) is 5.73 Å². The van der Waals surface area contributed by atoms with Crippen molar-refractivity contribution in [3.8, 4) is 0 Å². The van der Waals surface area contributed by atoms with Gasteiger partial charge in [-0.3, -0.25) is 4.90 Å². The van der Waals surface area contributed by atoms with Gasteiger partial charge in [-0.25, -0.2) is 0 Å². The SMILES string of the molecule is CC1(C)CCCC(CN)(N2CCCc3ccccc3C2)C1. The predicted molar refractivity (Wildman–Crippen MR) is 89.2 cm³/mol. The third kappa shape index (κ3) is 3.02. The molecule has 0 bridgehead atoms. The van der Waals surface area contributed by atoms with Crippen molar-refractivity contribution in [3.63, 3.8) is 0 Å². The van der Waals surface area contributed by atoms with Gasteiger partial charge < -0.3 is 5.73 Å². The van der Waals surface area contributed by atoms with E-state index in [1.54, 1.807) is 5.56 Å². The summed E-state index contributed by atoms with van der Waals surface area (Å²) in [5.41, 5.74) is 10.0. The van der Waals surface area contributed by atoms with E-state index in [9.17, 15) is 0 Å². The summed E-state index contributed by atoms with van der Waals surface area (Å²) in [5, 5.41) is 0. The quantitative estimate of drug-likeness (QED) is 0.897. The molecule has 21 heavy (non-hydrogen) atoms. The monoisotopic (exact) mass is 286 g/mol. The third-order valence-electron chi connectivity index (χ3n) is 5.71. The summed E-state index contributed by atoms with van der Waals surface area (Å²) in [6.45, 7) is 7.93. The van der Waals surface area contributed by atoms with Crippen molar-refractivity contribution >= 4 is 0 Å². The predicted octanol–water partition coefficient (Wildman–Crippen LogP) is 3.73. The van der Waals surface area contributed by atoms with Gasteiger partial charge in [-0.1, -0.05) is 44.5 Å². The average Bonchev–Trinajstić information content (AvgIpc) is 2.68. The summed E-state index contributed by atoms with van der Waals surface area (Å²) < 4.78 is 0. The smallest absolute Gasteiger partial charge is 0.0340 e. The molecule has 0 radical (unpaired) electrons. The largest absolute Gasteiger partial charge is 0.329 e. The number of benzene rings is 1. The fraction of sp³-hybridized carbons (Fsp3) is 0.684. The lowest BCUT2D eigenvalue weighted by molar-refractivity contribution is 0.00492. The topological polar surface area (TPSA) is 29.3 Å². The molecule has 1 unspecified atom stereocenters. The van der Waals surface area contributed by atoms with Crippen LogP contribution in [0, 0.1) is 5.41 Å². The standard InChI is InChI=1S/C19H30N2/c1-18(2)10-6-11-19(14-18,15-20)21-12-5-9-16-7-3-4-8-17(16)13-21/h3-4,7-8H,5-6,9-15,20H2,1-2H3. The van der Waals surface area contributed by atoms with Crippen LogP contribution in [0.15, 0.2) is 24.3 Å². The summed E-state index contributed by atoms with van der Waals surface area (Å²) in [4.78, 5) is 2.72. The molecule has 1 fully saturated rings. The molecule has 0 spiro atoms. The molecule has 0 aromatic heterocycles. The van der Waals surface area contributed by atoms with Crippen molar-refractivity contribution in [2.45, 2.75) is 64.5 Å². The second-order valence-electron chi connectivity index (χ2n) is 7.92. The van der Waals surface area contributed by atoms with E-state index in [1.807, 2.05) is 0 Å². The Balaban J connectivity index is 1.87. The molecular formula is C19H30N2. The fourth-order valence-corrected chi connectivity index (χ4v) is 4.64. The Kier molecular flexibility index (Phi) is 4.11. The van der Waals surface area contributed by atoms with E-state index in [1.165, 1.54) is 50.6 Å². The zero-order valence-corrected chi connectivity index (χ0v) is 13.7. The van der Waals surface area contributed by atoms with Gasteiger partial charge in [0.1, 0.15) is 0 Å². The maximum absolute atomic E-state index is 6.32. The van der Waals surface area contributed by atoms with Gasteiger partial charge in [-0.2, -0.15) is 0 Å². The lowest BCUT2D eigenvalue weighted by atomic mass is 9.67. The summed E-state index contributed by atoms with van der Waals surface area (Å²) in [5.74, 6) is 0. The second-order valence-corrected chi connectivity index (χ2v) is 7.92. The fourth-order valence-electron chi connectivity index (χ4n) is 4.64. The van der Waals surface area contributed by atoms with Crippen molar-refractivity contribution in [1.29, 1.82) is 0 Å². The molecule has 3 rings (SSSR count). The average molecular weight is 286 g/mol. The van der Waals surface area contributed by atoms with E-state index >= 15 is 0 Å². The zero-order valence-electron chi connectivity index (χ0n) is 13.7. The van der Waals surface area contributed by atoms with Crippen molar-refractivity contribution in [2.24, 2.45) is 11.1 Å². The van der Waals surface area contributed by atoms with E-state index < -0.39 is 0 Å². The highest BCUT2D eigenvalue weighted by Crippen LogP contribution is 2.44. The van der Waals surface area contributed by atoms with Gasteiger partial charge >= 0.3 is 0 Å². The van der Waals surface area contributed by atoms with Gasteiger partial charge in [0.25, 0.3) is 0 Å². The molecule has 0 saturated heterocycles. The Hall–Kier alpha value is -0.860. The lowest BCUT2D eigenvalue weighted by Crippen LogP contribution is -2.57. The highest BCUT2D eigenvalue weighted by Gasteiger charge is 2.43. The molecule has 1 saturated carbocycles. The molecule has 2 heteroatoms. The molecular weight excluding hydrogens is 256 g/mol. The number of nitrogens with two attached hydrogens (primary N) is 1. The Morgan fingerprint density at radius 2 is 1.86 bits per heavy atom. The maximum atomic E-state index is 6.32. The number of fused-ring (bicyclic) bond motifs is 1. The molecule has 1 atom stereocenters. The molecule has 2 aliphatic rings. The highest BCUT2D eigenvalue weighted by atomic mass is 15.2. The molecule has 2 N–H and O–H groups in total. The van der Waals surface area contributed by atoms with E-state index in [0.29, 0.717) is 5.41 Å². The summed E-state index contributed by atoms with van der Waals surface area (Å²) in [6, 6.07) is 8.98. The van der Waals surface area contributed by atoms with Crippen molar-refractivity contribution in [3.05, 3.63) is 35.4 Å². The molecule has 0 amide bonds. The second kappa shape index (κ2) is 5.73. The summed E-state index contributed by atoms with van der Waals surface area (Å²) in [6.07, 6.45) is 7.67. The number of aryl methyl sites for hydroxylation is 1. The minimum absolute atomic E-state index is 0.221. The van der Waals surface area contributed by atoms with Crippen molar-refractivity contribution in [2.75, 3.05) is 13.1 Å². The van der Waals surface area contributed by atoms with Crippen molar-refractivity contribution < 1.29 is 0 Å². The number of hydrogen-bond donors (Lipinski definition) is 1. The van der Waals surface area contributed by atoms with Crippen LogP contribution in [0.5, 0.6) is 0 Å². The van der Waals surface area contributed by atoms with Crippen LogP contribution < -0.4 is 5.73 Å². The first-order chi connectivity index (χ1) is 10.0. The molecule has 1 aromatic rings.